The number of aliphatic carboxylic acids is 1. The molecular formula is C28H33F2N3O5. The Morgan fingerprint density at radius 1 is 1.18 bits per heavy atom. The molecule has 1 unspecified atom stereocenters. The van der Waals surface area contributed by atoms with Crippen molar-refractivity contribution >= 4 is 22.6 Å². The van der Waals surface area contributed by atoms with Crippen molar-refractivity contribution in [3.8, 4) is 5.75 Å². The second kappa shape index (κ2) is 12.0. The third-order valence-corrected chi connectivity index (χ3v) is 7.49. The molecule has 1 fully saturated rings. The Morgan fingerprint density at radius 2 is 1.89 bits per heavy atom. The molecule has 0 radical (unpaired) electrons. The zero-order valence-corrected chi connectivity index (χ0v) is 21.3. The number of carboxylic acids is 1. The topological polar surface area (TPSA) is 115 Å². The van der Waals surface area contributed by atoms with Crippen molar-refractivity contribution in [3.63, 3.8) is 0 Å². The lowest BCUT2D eigenvalue weighted by molar-refractivity contribution is -0.153. The van der Waals surface area contributed by atoms with Crippen LogP contribution in [0.5, 0.6) is 5.75 Å². The Bertz CT molecular complexity index is 1260. The molecule has 1 aliphatic rings. The number of hydrogen-bond acceptors (Lipinski definition) is 7. The number of ether oxygens (including phenoxy) is 1. The average molecular weight is 530 g/mol. The van der Waals surface area contributed by atoms with Gasteiger partial charge in [0.25, 0.3) is 0 Å². The van der Waals surface area contributed by atoms with Crippen LogP contribution in [0.3, 0.4) is 0 Å². The van der Waals surface area contributed by atoms with E-state index in [2.05, 4.69) is 15.2 Å². The highest BCUT2D eigenvalue weighted by molar-refractivity contribution is 5.85. The number of aliphatic hydroxyl groups excluding tert-OH is 2. The maximum Gasteiger partial charge on any atom is 0.309 e. The van der Waals surface area contributed by atoms with Crippen molar-refractivity contribution in [3.05, 3.63) is 65.4 Å². The first-order chi connectivity index (χ1) is 18.2. The van der Waals surface area contributed by atoms with Gasteiger partial charge in [-0.25, -0.2) is 8.78 Å². The van der Waals surface area contributed by atoms with E-state index in [0.29, 0.717) is 72.5 Å². The molecule has 38 heavy (non-hydrogen) atoms. The predicted molar refractivity (Wildman–Crippen MR) is 139 cm³/mol. The minimum atomic E-state index is -0.986. The molecule has 1 aliphatic heterocycles. The van der Waals surface area contributed by atoms with Crippen molar-refractivity contribution in [2.75, 3.05) is 38.6 Å². The summed E-state index contributed by atoms with van der Waals surface area (Å²) in [6, 6.07) is 8.58. The number of pyridine rings is 1. The summed E-state index contributed by atoms with van der Waals surface area (Å²) in [7, 11) is 1.54. The molecule has 0 aliphatic carbocycles. The highest BCUT2D eigenvalue weighted by Crippen LogP contribution is 2.40. The predicted octanol–water partition coefficient (Wildman–Crippen LogP) is 4.11. The van der Waals surface area contributed by atoms with E-state index in [9.17, 15) is 28.9 Å². The molecule has 10 heteroatoms. The summed E-state index contributed by atoms with van der Waals surface area (Å²) in [4.78, 5) is 18.8. The average Bonchev–Trinajstić information content (AvgIpc) is 2.90. The maximum atomic E-state index is 13.4. The largest absolute Gasteiger partial charge is 0.497 e. The fourth-order valence-corrected chi connectivity index (χ4v) is 5.23. The molecule has 1 atom stereocenters. The summed E-state index contributed by atoms with van der Waals surface area (Å²) in [6.45, 7) is 1.87. The standard InChI is InChI=1S/C28H33F2N3O5/c1-38-22-2-3-24-23(15-22)26(18(17-34)16-32-24)25(35)4-5-28(27(36)37)6-9-33(10-7-28)11-8-31-21-13-19(29)12-20(30)14-21/h2-3,12-16,25,31,34-35H,4-11,17H2,1H3,(H,36,37). The van der Waals surface area contributed by atoms with Crippen LogP contribution in [-0.4, -0.2) is 64.5 Å². The molecule has 1 aromatic heterocycles. The molecule has 4 N–H and O–H groups in total. The number of aromatic nitrogens is 1. The Morgan fingerprint density at radius 3 is 2.53 bits per heavy atom. The lowest BCUT2D eigenvalue weighted by Crippen LogP contribution is -2.45. The molecule has 3 aromatic rings. The van der Waals surface area contributed by atoms with Crippen LogP contribution in [0.25, 0.3) is 10.9 Å². The van der Waals surface area contributed by atoms with Crippen LogP contribution < -0.4 is 10.1 Å². The number of hydrogen-bond donors (Lipinski definition) is 4. The first kappa shape index (κ1) is 27.7. The number of anilines is 1. The van der Waals surface area contributed by atoms with Gasteiger partial charge in [0.1, 0.15) is 17.4 Å². The molecule has 2 heterocycles. The fraction of sp³-hybridized carbons (Fsp3) is 0.429. The van der Waals surface area contributed by atoms with Gasteiger partial charge in [-0.3, -0.25) is 9.78 Å². The van der Waals surface area contributed by atoms with Crippen LogP contribution in [0.2, 0.25) is 0 Å². The number of nitrogens with zero attached hydrogens (tertiary/aromatic N) is 2. The van der Waals surface area contributed by atoms with Gasteiger partial charge >= 0.3 is 5.97 Å². The molecule has 1 saturated heterocycles. The number of piperidine rings is 1. The number of fused-ring (bicyclic) bond motifs is 1. The number of aliphatic hydroxyl groups is 2. The third kappa shape index (κ3) is 6.20. The number of rotatable bonds is 11. The summed E-state index contributed by atoms with van der Waals surface area (Å²) in [5.41, 5.74) is 1.05. The van der Waals surface area contributed by atoms with Gasteiger partial charge in [0.2, 0.25) is 0 Å². The van der Waals surface area contributed by atoms with Crippen molar-refractivity contribution in [2.24, 2.45) is 5.41 Å². The molecule has 0 amide bonds. The molecule has 0 saturated carbocycles. The first-order valence-corrected chi connectivity index (χ1v) is 12.6. The van der Waals surface area contributed by atoms with E-state index >= 15 is 0 Å². The Labute approximate surface area is 219 Å². The van der Waals surface area contributed by atoms with Gasteiger partial charge in [-0.2, -0.15) is 0 Å². The monoisotopic (exact) mass is 529 g/mol. The van der Waals surface area contributed by atoms with Crippen molar-refractivity contribution < 1.29 is 33.6 Å². The maximum absolute atomic E-state index is 13.4. The number of benzene rings is 2. The van der Waals surface area contributed by atoms with Gasteiger partial charge < -0.3 is 30.3 Å². The first-order valence-electron chi connectivity index (χ1n) is 12.6. The number of methoxy groups -OCH3 is 1. The minimum Gasteiger partial charge on any atom is -0.497 e. The number of nitrogens with one attached hydrogen (secondary N) is 1. The van der Waals surface area contributed by atoms with Gasteiger partial charge in [-0.1, -0.05) is 0 Å². The van der Waals surface area contributed by atoms with Gasteiger partial charge in [0, 0.05) is 42.0 Å². The van der Waals surface area contributed by atoms with Crippen molar-refractivity contribution in [2.45, 2.75) is 38.4 Å². The SMILES string of the molecule is COc1ccc2ncc(CO)c(C(O)CCC3(C(=O)O)CCN(CCNc4cc(F)cc(F)c4)CC3)c2c1. The quantitative estimate of drug-likeness (QED) is 0.294. The summed E-state index contributed by atoms with van der Waals surface area (Å²) in [6.07, 6.45) is 1.87. The fourth-order valence-electron chi connectivity index (χ4n) is 5.23. The number of carbonyl (C=O) groups is 1. The van der Waals surface area contributed by atoms with E-state index in [1.54, 1.807) is 25.3 Å². The number of carboxylic acid groups (broad SMARTS) is 1. The molecule has 2 aromatic carbocycles. The Kier molecular flexibility index (Phi) is 8.76. The molecule has 0 bridgehead atoms. The van der Waals surface area contributed by atoms with E-state index in [0.717, 1.165) is 6.07 Å². The van der Waals surface area contributed by atoms with Gasteiger partial charge in [0.05, 0.1) is 30.8 Å². The van der Waals surface area contributed by atoms with Crippen molar-refractivity contribution in [1.82, 2.24) is 9.88 Å². The van der Waals surface area contributed by atoms with Crippen molar-refractivity contribution in [1.29, 1.82) is 0 Å². The summed E-state index contributed by atoms with van der Waals surface area (Å²) in [5, 5.41) is 34.9. The zero-order chi connectivity index (χ0) is 27.3. The van der Waals surface area contributed by atoms with E-state index in [1.807, 2.05) is 0 Å². The second-order valence-corrected chi connectivity index (χ2v) is 9.80. The number of likely N-dealkylation sites (tertiary alicyclic amines) is 1. The van der Waals surface area contributed by atoms with E-state index in [1.165, 1.54) is 18.3 Å². The molecule has 0 spiro atoms. The van der Waals surface area contributed by atoms with Crippen LogP contribution >= 0.6 is 0 Å². The zero-order valence-electron chi connectivity index (χ0n) is 21.3. The molecule has 204 valence electrons. The second-order valence-electron chi connectivity index (χ2n) is 9.80. The third-order valence-electron chi connectivity index (χ3n) is 7.49. The smallest absolute Gasteiger partial charge is 0.309 e. The normalized spacial score (nSPS) is 16.3. The molecule has 4 rings (SSSR count). The Hall–Kier alpha value is -3.34. The highest BCUT2D eigenvalue weighted by atomic mass is 19.1. The van der Waals surface area contributed by atoms with Crippen LogP contribution in [0.15, 0.2) is 42.6 Å². The molecule has 8 nitrogen and oxygen atoms in total. The highest BCUT2D eigenvalue weighted by Gasteiger charge is 2.41. The van der Waals surface area contributed by atoms with Crippen LogP contribution in [0, 0.1) is 17.0 Å². The van der Waals surface area contributed by atoms with Crippen LogP contribution in [0.4, 0.5) is 14.5 Å². The van der Waals surface area contributed by atoms with E-state index < -0.39 is 29.1 Å². The van der Waals surface area contributed by atoms with Gasteiger partial charge in [-0.15, -0.1) is 0 Å². The van der Waals surface area contributed by atoms with Crippen LogP contribution in [0.1, 0.15) is 42.9 Å². The van der Waals surface area contributed by atoms with Gasteiger partial charge in [0.15, 0.2) is 0 Å². The van der Waals surface area contributed by atoms with E-state index in [-0.39, 0.29) is 19.4 Å². The Balaban J connectivity index is 1.39. The molecular weight excluding hydrogens is 496 g/mol. The summed E-state index contributed by atoms with van der Waals surface area (Å²) >= 11 is 0. The minimum absolute atomic E-state index is 0.211. The van der Waals surface area contributed by atoms with Crippen LogP contribution in [-0.2, 0) is 11.4 Å². The lowest BCUT2D eigenvalue weighted by atomic mass is 9.74. The number of halogens is 2. The summed E-state index contributed by atoms with van der Waals surface area (Å²) in [5.74, 6) is -1.59. The van der Waals surface area contributed by atoms with Gasteiger partial charge in [-0.05, 0) is 74.7 Å². The van der Waals surface area contributed by atoms with E-state index in [4.69, 9.17) is 4.74 Å². The summed E-state index contributed by atoms with van der Waals surface area (Å²) < 4.78 is 32.1. The lowest BCUT2D eigenvalue weighted by Gasteiger charge is -2.39.